The molecule has 0 heterocycles. The van der Waals surface area contributed by atoms with E-state index in [9.17, 15) is 22.7 Å². The van der Waals surface area contributed by atoms with Gasteiger partial charge in [0.2, 0.25) is 0 Å². The van der Waals surface area contributed by atoms with Crippen molar-refractivity contribution < 1.29 is 22.7 Å². The molecule has 8 heteroatoms. The number of hydrogen-bond donors (Lipinski definition) is 3. The van der Waals surface area contributed by atoms with Gasteiger partial charge in [-0.1, -0.05) is 12.1 Å². The summed E-state index contributed by atoms with van der Waals surface area (Å²) in [7, 11) is -4.47. The predicted octanol–water partition coefficient (Wildman–Crippen LogP) is 3.54. The van der Waals surface area contributed by atoms with Crippen LogP contribution in [0.1, 0.15) is 54.5 Å². The lowest BCUT2D eigenvalue weighted by Gasteiger charge is -2.19. The minimum atomic E-state index is -4.47. The molecule has 0 spiro atoms. The number of benzene rings is 2. The molecule has 2 aliphatic carbocycles. The van der Waals surface area contributed by atoms with Crippen LogP contribution in [0.15, 0.2) is 29.2 Å². The molecule has 0 unspecified atom stereocenters. The van der Waals surface area contributed by atoms with E-state index in [1.54, 1.807) is 0 Å². The zero-order chi connectivity index (χ0) is 21.7. The average molecular weight is 433 g/mol. The second-order valence-corrected chi connectivity index (χ2v) is 10.1. The van der Waals surface area contributed by atoms with Crippen molar-refractivity contribution in [2.45, 2.75) is 62.9 Å². The molecule has 6 nitrogen and oxygen atoms in total. The number of anilines is 1. The summed E-state index contributed by atoms with van der Waals surface area (Å²) in [4.78, 5) is 11.9. The molecule has 0 bridgehead atoms. The Hall–Kier alpha value is -2.45. The average Bonchev–Trinajstić information content (AvgIpc) is 3.29. The van der Waals surface area contributed by atoms with Crippen molar-refractivity contribution in [1.82, 2.24) is 4.72 Å². The highest BCUT2D eigenvalue weighted by Gasteiger charge is 2.28. The van der Waals surface area contributed by atoms with Gasteiger partial charge in [-0.2, -0.15) is 0 Å². The van der Waals surface area contributed by atoms with Crippen LogP contribution in [0.5, 0.6) is 0 Å². The van der Waals surface area contributed by atoms with Crippen molar-refractivity contribution in [3.63, 3.8) is 0 Å². The first-order chi connectivity index (χ1) is 14.1. The zero-order valence-corrected chi connectivity index (χ0v) is 17.8. The Balaban J connectivity index is 1.62. The van der Waals surface area contributed by atoms with Gasteiger partial charge in [-0.25, -0.2) is 22.3 Å². The van der Waals surface area contributed by atoms with Crippen LogP contribution < -0.4 is 10.0 Å². The van der Waals surface area contributed by atoms with E-state index in [0.717, 1.165) is 61.8 Å². The first-order valence-corrected chi connectivity index (χ1v) is 11.6. The van der Waals surface area contributed by atoms with Crippen LogP contribution in [0.2, 0.25) is 0 Å². The summed E-state index contributed by atoms with van der Waals surface area (Å²) in [6.45, 7) is 2.93. The summed E-state index contributed by atoms with van der Waals surface area (Å²) in [5.74, 6) is -0.996. The van der Waals surface area contributed by atoms with Crippen LogP contribution in [-0.4, -0.2) is 19.6 Å². The van der Waals surface area contributed by atoms with E-state index in [0.29, 0.717) is 5.69 Å². The SMILES string of the molecule is CC(C)(O)c1ccc(F)c(S(=O)(=O)NC(=O)Nc2c3c(cc4c2CCC4)CCC3)c1. The number of carbonyl (C=O) groups is 1. The van der Waals surface area contributed by atoms with Crippen molar-refractivity contribution >= 4 is 21.7 Å². The number of aliphatic hydroxyl groups is 1. The van der Waals surface area contributed by atoms with Gasteiger partial charge < -0.3 is 10.4 Å². The molecule has 2 amide bonds. The van der Waals surface area contributed by atoms with E-state index in [4.69, 9.17) is 0 Å². The van der Waals surface area contributed by atoms with Gasteiger partial charge in [0, 0.05) is 5.69 Å². The molecule has 160 valence electrons. The molecule has 0 aliphatic heterocycles. The summed E-state index contributed by atoms with van der Waals surface area (Å²) < 4.78 is 41.6. The van der Waals surface area contributed by atoms with Crippen LogP contribution in [-0.2, 0) is 41.3 Å². The minimum absolute atomic E-state index is 0.225. The van der Waals surface area contributed by atoms with Gasteiger partial charge in [0.05, 0.1) is 5.60 Å². The van der Waals surface area contributed by atoms with E-state index in [2.05, 4.69) is 11.4 Å². The largest absolute Gasteiger partial charge is 0.386 e. The fraction of sp³-hybridized carbons (Fsp3) is 0.409. The van der Waals surface area contributed by atoms with Crippen molar-refractivity contribution in [2.24, 2.45) is 0 Å². The molecule has 3 N–H and O–H groups in total. The summed E-state index contributed by atoms with van der Waals surface area (Å²) in [5.41, 5.74) is 4.12. The molecule has 0 aromatic heterocycles. The molecule has 30 heavy (non-hydrogen) atoms. The molecule has 0 atom stereocenters. The predicted molar refractivity (Wildman–Crippen MR) is 111 cm³/mol. The maximum Gasteiger partial charge on any atom is 0.333 e. The van der Waals surface area contributed by atoms with Gasteiger partial charge in [0.1, 0.15) is 10.7 Å². The number of aryl methyl sites for hydroxylation is 2. The summed E-state index contributed by atoms with van der Waals surface area (Å²) >= 11 is 0. The Bertz CT molecular complexity index is 1100. The molecule has 2 aliphatic rings. The van der Waals surface area contributed by atoms with Gasteiger partial charge in [0.15, 0.2) is 0 Å². The van der Waals surface area contributed by atoms with Crippen molar-refractivity contribution in [3.8, 4) is 0 Å². The fourth-order valence-electron chi connectivity index (χ4n) is 4.37. The van der Waals surface area contributed by atoms with Crippen LogP contribution in [0, 0.1) is 5.82 Å². The topological polar surface area (TPSA) is 95.5 Å². The number of halogens is 1. The molecule has 4 rings (SSSR count). The van der Waals surface area contributed by atoms with E-state index >= 15 is 0 Å². The molecular weight excluding hydrogens is 407 g/mol. The molecule has 0 saturated carbocycles. The highest BCUT2D eigenvalue weighted by atomic mass is 32.2. The maximum atomic E-state index is 14.3. The van der Waals surface area contributed by atoms with Gasteiger partial charge >= 0.3 is 6.03 Å². The van der Waals surface area contributed by atoms with Crippen LogP contribution in [0.3, 0.4) is 0 Å². The Kier molecular flexibility index (Phi) is 5.10. The molecule has 0 saturated heterocycles. The molecular formula is C22H25FN2O4S. The number of amides is 2. The number of fused-ring (bicyclic) bond motifs is 2. The van der Waals surface area contributed by atoms with Crippen molar-refractivity contribution in [3.05, 3.63) is 57.9 Å². The lowest BCUT2D eigenvalue weighted by molar-refractivity contribution is 0.0782. The lowest BCUT2D eigenvalue weighted by atomic mass is 9.99. The molecule has 0 fully saturated rings. The summed E-state index contributed by atoms with van der Waals surface area (Å²) in [6, 6.07) is 4.62. The van der Waals surface area contributed by atoms with E-state index < -0.39 is 32.4 Å². The number of urea groups is 1. The van der Waals surface area contributed by atoms with E-state index in [1.807, 2.05) is 4.72 Å². The van der Waals surface area contributed by atoms with Gasteiger partial charge in [-0.3, -0.25) is 0 Å². The summed E-state index contributed by atoms with van der Waals surface area (Å²) in [5, 5.41) is 12.8. The van der Waals surface area contributed by atoms with Gasteiger partial charge in [-0.15, -0.1) is 0 Å². The number of rotatable bonds is 4. The van der Waals surface area contributed by atoms with Crippen molar-refractivity contribution in [1.29, 1.82) is 0 Å². The molecule has 2 aromatic rings. The van der Waals surface area contributed by atoms with Gasteiger partial charge in [0.25, 0.3) is 10.0 Å². The second kappa shape index (κ2) is 7.35. The smallest absolute Gasteiger partial charge is 0.333 e. The lowest BCUT2D eigenvalue weighted by Crippen LogP contribution is -2.35. The van der Waals surface area contributed by atoms with Crippen LogP contribution in [0.25, 0.3) is 0 Å². The van der Waals surface area contributed by atoms with Gasteiger partial charge in [-0.05, 0) is 92.3 Å². The third kappa shape index (κ3) is 3.81. The summed E-state index contributed by atoms with van der Waals surface area (Å²) in [6.07, 6.45) is 5.59. The van der Waals surface area contributed by atoms with Crippen molar-refractivity contribution in [2.75, 3.05) is 5.32 Å². The van der Waals surface area contributed by atoms with E-state index in [1.165, 1.54) is 31.0 Å². The number of hydrogen-bond acceptors (Lipinski definition) is 4. The maximum absolute atomic E-state index is 14.3. The second-order valence-electron chi connectivity index (χ2n) is 8.50. The standard InChI is InChI=1S/C22H25FN2O4S/c1-22(2,27)15-9-10-18(23)19(12-15)30(28,29)25-21(26)24-20-16-7-3-5-13(16)11-14-6-4-8-17(14)20/h9-12,27H,3-8H2,1-2H3,(H2,24,25,26). The minimum Gasteiger partial charge on any atom is -0.386 e. The first-order valence-electron chi connectivity index (χ1n) is 10.1. The third-order valence-electron chi connectivity index (χ3n) is 5.87. The van der Waals surface area contributed by atoms with Crippen LogP contribution >= 0.6 is 0 Å². The Morgan fingerprint density at radius 2 is 1.63 bits per heavy atom. The highest BCUT2D eigenvalue weighted by Crippen LogP contribution is 2.38. The van der Waals surface area contributed by atoms with E-state index in [-0.39, 0.29) is 5.56 Å². The Morgan fingerprint density at radius 1 is 1.03 bits per heavy atom. The third-order valence-corrected chi connectivity index (χ3v) is 7.21. The normalized spacial score (nSPS) is 15.6. The quantitative estimate of drug-likeness (QED) is 0.689. The molecule has 0 radical (unpaired) electrons. The Morgan fingerprint density at radius 3 is 2.20 bits per heavy atom. The van der Waals surface area contributed by atoms with Crippen LogP contribution in [0.4, 0.5) is 14.9 Å². The molecule has 2 aromatic carbocycles. The number of carbonyl (C=O) groups excluding carboxylic acids is 1. The Labute approximate surface area is 175 Å². The zero-order valence-electron chi connectivity index (χ0n) is 17.0. The number of sulfonamides is 1. The monoisotopic (exact) mass is 432 g/mol. The highest BCUT2D eigenvalue weighted by molar-refractivity contribution is 7.90. The number of nitrogens with one attached hydrogen (secondary N) is 2. The fourth-order valence-corrected chi connectivity index (χ4v) is 5.38. The first kappa shape index (κ1) is 20.8.